The highest BCUT2D eigenvalue weighted by molar-refractivity contribution is 5.94. The van der Waals surface area contributed by atoms with E-state index >= 15 is 0 Å². The number of ether oxygens (including phenoxy) is 1. The van der Waals surface area contributed by atoms with E-state index in [1.807, 2.05) is 84.4 Å². The highest BCUT2D eigenvalue weighted by Gasteiger charge is 2.15. The molecule has 0 aliphatic rings. The van der Waals surface area contributed by atoms with Gasteiger partial charge in [-0.25, -0.2) is 9.97 Å². The average Bonchev–Trinajstić information content (AvgIpc) is 3.12. The number of aromatic nitrogens is 3. The zero-order chi connectivity index (χ0) is 19.5. The van der Waals surface area contributed by atoms with Gasteiger partial charge >= 0.3 is 0 Å². The molecule has 1 N–H and O–H groups in total. The van der Waals surface area contributed by atoms with Gasteiger partial charge in [-0.1, -0.05) is 30.3 Å². The SMILES string of the molecule is Cc1ccn2cc(-c3ccc(NC(=O)[C@H](C)Oc4ccccc4)cc3)nc2n1. The molecular weight excluding hydrogens is 352 g/mol. The molecule has 2 aromatic heterocycles. The predicted molar refractivity (Wildman–Crippen MR) is 108 cm³/mol. The van der Waals surface area contributed by atoms with Crippen LogP contribution in [-0.4, -0.2) is 26.4 Å². The Morgan fingerprint density at radius 2 is 1.79 bits per heavy atom. The molecule has 6 nitrogen and oxygen atoms in total. The first-order valence-corrected chi connectivity index (χ1v) is 9.04. The van der Waals surface area contributed by atoms with E-state index in [9.17, 15) is 4.79 Å². The smallest absolute Gasteiger partial charge is 0.265 e. The van der Waals surface area contributed by atoms with Crippen LogP contribution in [0.15, 0.2) is 73.1 Å². The van der Waals surface area contributed by atoms with Gasteiger partial charge in [0, 0.05) is 29.3 Å². The standard InChI is InChI=1S/C22H20N4O2/c1-15-12-13-26-14-20(25-22(26)23-15)17-8-10-18(11-9-17)24-21(27)16(2)28-19-6-4-3-5-7-19/h3-14,16H,1-2H3,(H,24,27)/t16-/m0/s1. The van der Waals surface area contributed by atoms with Gasteiger partial charge in [-0.15, -0.1) is 0 Å². The van der Waals surface area contributed by atoms with Gasteiger partial charge in [-0.3, -0.25) is 9.20 Å². The van der Waals surface area contributed by atoms with Gasteiger partial charge in [0.05, 0.1) is 5.69 Å². The van der Waals surface area contributed by atoms with Crippen LogP contribution in [0.5, 0.6) is 5.75 Å². The molecular formula is C22H20N4O2. The van der Waals surface area contributed by atoms with E-state index in [0.29, 0.717) is 17.2 Å². The van der Waals surface area contributed by atoms with Gasteiger partial charge in [-0.05, 0) is 44.2 Å². The predicted octanol–water partition coefficient (Wildman–Crippen LogP) is 4.11. The minimum atomic E-state index is -0.602. The number of anilines is 1. The first-order chi connectivity index (χ1) is 13.6. The molecule has 1 amide bonds. The number of carbonyl (C=O) groups excluding carboxylic acids is 1. The fourth-order valence-electron chi connectivity index (χ4n) is 2.82. The van der Waals surface area contributed by atoms with Gasteiger partial charge in [0.1, 0.15) is 5.75 Å². The number of hydrogen-bond donors (Lipinski definition) is 1. The summed E-state index contributed by atoms with van der Waals surface area (Å²) in [6.07, 6.45) is 3.27. The van der Waals surface area contributed by atoms with Gasteiger partial charge in [0.15, 0.2) is 6.10 Å². The molecule has 0 aliphatic heterocycles. The number of para-hydroxylation sites is 1. The molecule has 0 spiro atoms. The number of nitrogens with zero attached hydrogens (tertiary/aromatic N) is 3. The lowest BCUT2D eigenvalue weighted by Gasteiger charge is -2.14. The van der Waals surface area contributed by atoms with Gasteiger partial charge in [0.25, 0.3) is 5.91 Å². The number of carbonyl (C=O) groups is 1. The molecule has 0 bridgehead atoms. The fourth-order valence-corrected chi connectivity index (χ4v) is 2.82. The summed E-state index contributed by atoms with van der Waals surface area (Å²) >= 11 is 0. The Kier molecular flexibility index (Phi) is 4.76. The van der Waals surface area contributed by atoms with Crippen LogP contribution in [0, 0.1) is 6.92 Å². The van der Waals surface area contributed by atoms with Crippen molar-refractivity contribution in [2.75, 3.05) is 5.32 Å². The second-order valence-corrected chi connectivity index (χ2v) is 6.54. The van der Waals surface area contributed by atoms with Crippen molar-refractivity contribution in [3.05, 3.63) is 78.8 Å². The molecule has 4 aromatic rings. The zero-order valence-electron chi connectivity index (χ0n) is 15.7. The summed E-state index contributed by atoms with van der Waals surface area (Å²) in [7, 11) is 0. The minimum absolute atomic E-state index is 0.205. The molecule has 140 valence electrons. The summed E-state index contributed by atoms with van der Waals surface area (Å²) in [4.78, 5) is 21.3. The molecule has 0 radical (unpaired) electrons. The number of benzene rings is 2. The summed E-state index contributed by atoms with van der Waals surface area (Å²) in [5.41, 5.74) is 3.41. The number of imidazole rings is 1. The highest BCUT2D eigenvalue weighted by atomic mass is 16.5. The first kappa shape index (κ1) is 17.7. The van der Waals surface area contributed by atoms with E-state index in [1.54, 1.807) is 6.92 Å². The Hall–Kier alpha value is -3.67. The van der Waals surface area contributed by atoms with E-state index in [0.717, 1.165) is 17.0 Å². The molecule has 0 aliphatic carbocycles. The number of amides is 1. The number of hydrogen-bond acceptors (Lipinski definition) is 4. The third-order valence-electron chi connectivity index (χ3n) is 4.34. The Morgan fingerprint density at radius 3 is 2.54 bits per heavy atom. The second kappa shape index (κ2) is 7.52. The van der Waals surface area contributed by atoms with Crippen molar-refractivity contribution in [3.63, 3.8) is 0 Å². The molecule has 4 rings (SSSR count). The summed E-state index contributed by atoms with van der Waals surface area (Å²) in [6, 6.07) is 18.8. The van der Waals surface area contributed by atoms with Crippen molar-refractivity contribution in [2.45, 2.75) is 20.0 Å². The number of aryl methyl sites for hydroxylation is 1. The number of nitrogens with one attached hydrogen (secondary N) is 1. The van der Waals surface area contributed by atoms with Crippen LogP contribution < -0.4 is 10.1 Å². The molecule has 28 heavy (non-hydrogen) atoms. The minimum Gasteiger partial charge on any atom is -0.481 e. The maximum atomic E-state index is 12.4. The Balaban J connectivity index is 1.44. The lowest BCUT2D eigenvalue weighted by Crippen LogP contribution is -2.30. The first-order valence-electron chi connectivity index (χ1n) is 9.04. The van der Waals surface area contributed by atoms with Crippen molar-refractivity contribution in [3.8, 4) is 17.0 Å². The third kappa shape index (κ3) is 3.86. The van der Waals surface area contributed by atoms with Crippen LogP contribution in [-0.2, 0) is 4.79 Å². The largest absolute Gasteiger partial charge is 0.481 e. The Morgan fingerprint density at radius 1 is 1.04 bits per heavy atom. The van der Waals surface area contributed by atoms with Crippen LogP contribution >= 0.6 is 0 Å². The fraction of sp³-hybridized carbons (Fsp3) is 0.136. The normalized spacial score (nSPS) is 11.9. The highest BCUT2D eigenvalue weighted by Crippen LogP contribution is 2.21. The van der Waals surface area contributed by atoms with Crippen molar-refractivity contribution in [2.24, 2.45) is 0 Å². The van der Waals surface area contributed by atoms with Crippen LogP contribution in [0.25, 0.3) is 17.0 Å². The van der Waals surface area contributed by atoms with E-state index < -0.39 is 6.10 Å². The second-order valence-electron chi connectivity index (χ2n) is 6.54. The Bertz CT molecular complexity index is 1100. The molecule has 0 saturated carbocycles. The molecule has 0 unspecified atom stereocenters. The molecule has 2 heterocycles. The topological polar surface area (TPSA) is 68.5 Å². The van der Waals surface area contributed by atoms with E-state index in [4.69, 9.17) is 4.74 Å². The van der Waals surface area contributed by atoms with E-state index in [1.165, 1.54) is 0 Å². The van der Waals surface area contributed by atoms with Crippen molar-refractivity contribution >= 4 is 17.4 Å². The molecule has 6 heteroatoms. The monoisotopic (exact) mass is 372 g/mol. The van der Waals surface area contributed by atoms with Crippen molar-refractivity contribution in [1.82, 2.24) is 14.4 Å². The van der Waals surface area contributed by atoms with Crippen LogP contribution in [0.4, 0.5) is 5.69 Å². The molecule has 0 saturated heterocycles. The summed E-state index contributed by atoms with van der Waals surface area (Å²) < 4.78 is 7.54. The number of fused-ring (bicyclic) bond motifs is 1. The van der Waals surface area contributed by atoms with E-state index in [-0.39, 0.29) is 5.91 Å². The van der Waals surface area contributed by atoms with Gasteiger partial charge < -0.3 is 10.1 Å². The van der Waals surface area contributed by atoms with Crippen molar-refractivity contribution in [1.29, 1.82) is 0 Å². The summed E-state index contributed by atoms with van der Waals surface area (Å²) in [5.74, 6) is 1.12. The van der Waals surface area contributed by atoms with Crippen molar-refractivity contribution < 1.29 is 9.53 Å². The number of rotatable bonds is 5. The van der Waals surface area contributed by atoms with Gasteiger partial charge in [-0.2, -0.15) is 0 Å². The van der Waals surface area contributed by atoms with Gasteiger partial charge in [0.2, 0.25) is 5.78 Å². The third-order valence-corrected chi connectivity index (χ3v) is 4.34. The zero-order valence-corrected chi connectivity index (χ0v) is 15.7. The maximum Gasteiger partial charge on any atom is 0.265 e. The average molecular weight is 372 g/mol. The molecule has 2 aromatic carbocycles. The lowest BCUT2D eigenvalue weighted by atomic mass is 10.1. The Labute approximate surface area is 162 Å². The van der Waals surface area contributed by atoms with Crippen LogP contribution in [0.1, 0.15) is 12.6 Å². The quantitative estimate of drug-likeness (QED) is 0.572. The van der Waals surface area contributed by atoms with Crippen LogP contribution in [0.2, 0.25) is 0 Å². The molecule has 1 atom stereocenters. The van der Waals surface area contributed by atoms with E-state index in [2.05, 4.69) is 15.3 Å². The summed E-state index contributed by atoms with van der Waals surface area (Å²) in [6.45, 7) is 3.66. The summed E-state index contributed by atoms with van der Waals surface area (Å²) in [5, 5.41) is 2.87. The maximum absolute atomic E-state index is 12.4. The van der Waals surface area contributed by atoms with Crippen LogP contribution in [0.3, 0.4) is 0 Å². The lowest BCUT2D eigenvalue weighted by molar-refractivity contribution is -0.122. The molecule has 0 fully saturated rings.